The fraction of sp³-hybridized carbons (Fsp3) is 0.0588. The molecule has 0 fully saturated rings. The molecule has 0 unspecified atom stereocenters. The van der Waals surface area contributed by atoms with Crippen LogP contribution in [0.3, 0.4) is 0 Å². The third kappa shape index (κ3) is 2.69. The van der Waals surface area contributed by atoms with E-state index in [4.69, 9.17) is 5.73 Å². The molecule has 0 aliphatic carbocycles. The number of hydrogen-bond acceptors (Lipinski definition) is 3. The molecule has 0 saturated carbocycles. The molecule has 0 saturated heterocycles. The molecule has 4 nitrogen and oxygen atoms in total. The molecule has 0 bridgehead atoms. The van der Waals surface area contributed by atoms with Gasteiger partial charge in [-0.2, -0.15) is 0 Å². The first-order valence-electron chi connectivity index (χ1n) is 6.71. The minimum atomic E-state index is -0.214. The zero-order valence-corrected chi connectivity index (χ0v) is 11.4. The summed E-state index contributed by atoms with van der Waals surface area (Å²) in [6.45, 7) is 0.453. The second-order valence-electron chi connectivity index (χ2n) is 4.76. The average molecular weight is 277 g/mol. The van der Waals surface area contributed by atoms with Gasteiger partial charge in [0, 0.05) is 12.7 Å². The maximum absolute atomic E-state index is 12.1. The van der Waals surface area contributed by atoms with Crippen molar-refractivity contribution in [1.82, 2.24) is 10.3 Å². The van der Waals surface area contributed by atoms with Crippen molar-refractivity contribution in [3.05, 3.63) is 71.9 Å². The Bertz CT molecular complexity index is 793. The normalized spacial score (nSPS) is 10.5. The molecular formula is C17H15N3O. The van der Waals surface area contributed by atoms with Gasteiger partial charge in [-0.3, -0.25) is 4.79 Å². The van der Waals surface area contributed by atoms with Crippen molar-refractivity contribution in [2.24, 2.45) is 0 Å². The Hall–Kier alpha value is -2.88. The summed E-state index contributed by atoms with van der Waals surface area (Å²) in [5.41, 5.74) is 7.18. The van der Waals surface area contributed by atoms with E-state index in [1.54, 1.807) is 18.3 Å². The van der Waals surface area contributed by atoms with Gasteiger partial charge in [-0.25, -0.2) is 4.98 Å². The highest BCUT2D eigenvalue weighted by atomic mass is 16.1. The molecule has 2 aromatic carbocycles. The number of hydrogen-bond donors (Lipinski definition) is 2. The first-order valence-corrected chi connectivity index (χ1v) is 6.71. The Morgan fingerprint density at radius 2 is 1.86 bits per heavy atom. The van der Waals surface area contributed by atoms with E-state index < -0.39 is 0 Å². The van der Waals surface area contributed by atoms with Gasteiger partial charge < -0.3 is 11.1 Å². The molecule has 4 heteroatoms. The van der Waals surface area contributed by atoms with Crippen LogP contribution in [-0.2, 0) is 6.54 Å². The summed E-state index contributed by atoms with van der Waals surface area (Å²) in [4.78, 5) is 16.1. The molecule has 3 aromatic rings. The first-order chi connectivity index (χ1) is 10.3. The number of nitrogens with one attached hydrogen (secondary N) is 1. The van der Waals surface area contributed by atoms with Gasteiger partial charge in [-0.1, -0.05) is 42.5 Å². The third-order valence-electron chi connectivity index (χ3n) is 3.40. The number of carbonyl (C=O) groups excluding carboxylic acids is 1. The van der Waals surface area contributed by atoms with E-state index in [1.165, 1.54) is 0 Å². The molecule has 104 valence electrons. The van der Waals surface area contributed by atoms with Crippen LogP contribution in [0.5, 0.6) is 0 Å². The van der Waals surface area contributed by atoms with Crippen LogP contribution >= 0.6 is 0 Å². The summed E-state index contributed by atoms with van der Waals surface area (Å²) in [6.07, 6.45) is 1.57. The largest absolute Gasteiger partial charge is 0.383 e. The van der Waals surface area contributed by atoms with Crippen molar-refractivity contribution in [2.45, 2.75) is 6.54 Å². The minimum Gasteiger partial charge on any atom is -0.383 e. The Kier molecular flexibility index (Phi) is 3.51. The molecule has 3 rings (SSSR count). The number of carbonyl (C=O) groups is 1. The second kappa shape index (κ2) is 5.63. The van der Waals surface area contributed by atoms with Crippen LogP contribution in [0.25, 0.3) is 10.8 Å². The lowest BCUT2D eigenvalue weighted by Crippen LogP contribution is -2.24. The minimum absolute atomic E-state index is 0.214. The van der Waals surface area contributed by atoms with Crippen LogP contribution in [0.15, 0.2) is 60.8 Å². The molecule has 1 amide bonds. The average Bonchev–Trinajstić information content (AvgIpc) is 2.53. The second-order valence-corrected chi connectivity index (χ2v) is 4.76. The Balaban J connectivity index is 1.81. The molecule has 21 heavy (non-hydrogen) atoms. The van der Waals surface area contributed by atoms with Crippen LogP contribution in [-0.4, -0.2) is 10.9 Å². The number of pyridine rings is 1. The van der Waals surface area contributed by atoms with E-state index in [-0.39, 0.29) is 11.7 Å². The van der Waals surface area contributed by atoms with Crippen LogP contribution in [0.1, 0.15) is 15.9 Å². The van der Waals surface area contributed by atoms with Crippen LogP contribution in [0.4, 0.5) is 5.82 Å². The number of anilines is 1. The molecule has 0 spiro atoms. The van der Waals surface area contributed by atoms with Gasteiger partial charge >= 0.3 is 0 Å². The summed E-state index contributed by atoms with van der Waals surface area (Å²) in [5, 5.41) is 5.19. The fourth-order valence-electron chi connectivity index (χ4n) is 2.33. The first kappa shape index (κ1) is 13.1. The zero-order chi connectivity index (χ0) is 14.7. The van der Waals surface area contributed by atoms with Crippen LogP contribution in [0.2, 0.25) is 0 Å². The SMILES string of the molecule is Nc1ncccc1C(=O)NCc1cccc2ccccc12. The molecule has 0 aliphatic rings. The van der Waals surface area contributed by atoms with E-state index in [1.807, 2.05) is 24.3 Å². The molecular weight excluding hydrogens is 262 g/mol. The summed E-state index contributed by atoms with van der Waals surface area (Å²) in [7, 11) is 0. The quantitative estimate of drug-likeness (QED) is 0.773. The van der Waals surface area contributed by atoms with Gasteiger partial charge in [0.25, 0.3) is 5.91 Å². The number of nitrogens with zero attached hydrogens (tertiary/aromatic N) is 1. The number of amides is 1. The van der Waals surface area contributed by atoms with Gasteiger partial charge in [0.2, 0.25) is 0 Å². The number of benzene rings is 2. The maximum Gasteiger partial charge on any atom is 0.255 e. The van der Waals surface area contributed by atoms with E-state index in [0.717, 1.165) is 16.3 Å². The Labute approximate surface area is 122 Å². The van der Waals surface area contributed by atoms with Gasteiger partial charge in [0.15, 0.2) is 0 Å². The highest BCUT2D eigenvalue weighted by Gasteiger charge is 2.10. The predicted octanol–water partition coefficient (Wildman–Crippen LogP) is 2.75. The number of nitrogens with two attached hydrogens (primary N) is 1. The van der Waals surface area contributed by atoms with Gasteiger partial charge in [-0.05, 0) is 28.5 Å². The molecule has 0 aliphatic heterocycles. The topological polar surface area (TPSA) is 68.0 Å². The summed E-state index contributed by atoms with van der Waals surface area (Å²) in [5.74, 6) is 0.0291. The van der Waals surface area contributed by atoms with Crippen molar-refractivity contribution in [1.29, 1.82) is 0 Å². The van der Waals surface area contributed by atoms with E-state index in [0.29, 0.717) is 12.1 Å². The van der Waals surface area contributed by atoms with Gasteiger partial charge in [0.1, 0.15) is 5.82 Å². The molecule has 0 atom stereocenters. The Morgan fingerprint density at radius 1 is 1.05 bits per heavy atom. The fourth-order valence-corrected chi connectivity index (χ4v) is 2.33. The molecule has 1 aromatic heterocycles. The van der Waals surface area contributed by atoms with Crippen molar-refractivity contribution in [3.63, 3.8) is 0 Å². The highest BCUT2D eigenvalue weighted by molar-refractivity contribution is 5.98. The van der Waals surface area contributed by atoms with Crippen molar-refractivity contribution in [3.8, 4) is 0 Å². The highest BCUT2D eigenvalue weighted by Crippen LogP contribution is 2.18. The summed E-state index contributed by atoms with van der Waals surface area (Å²) in [6, 6.07) is 17.5. The van der Waals surface area contributed by atoms with Crippen LogP contribution < -0.4 is 11.1 Å². The lowest BCUT2D eigenvalue weighted by Gasteiger charge is -2.09. The molecule has 0 radical (unpaired) electrons. The third-order valence-corrected chi connectivity index (χ3v) is 3.40. The monoisotopic (exact) mass is 277 g/mol. The molecule has 3 N–H and O–H groups in total. The van der Waals surface area contributed by atoms with E-state index in [9.17, 15) is 4.79 Å². The van der Waals surface area contributed by atoms with Crippen molar-refractivity contribution in [2.75, 3.05) is 5.73 Å². The summed E-state index contributed by atoms with van der Waals surface area (Å²) < 4.78 is 0. The number of rotatable bonds is 3. The predicted molar refractivity (Wildman–Crippen MR) is 83.8 cm³/mol. The molecule has 1 heterocycles. The number of aromatic nitrogens is 1. The van der Waals surface area contributed by atoms with Gasteiger partial charge in [0.05, 0.1) is 5.56 Å². The number of nitrogen functional groups attached to an aromatic ring is 1. The lowest BCUT2D eigenvalue weighted by molar-refractivity contribution is 0.0951. The smallest absolute Gasteiger partial charge is 0.255 e. The van der Waals surface area contributed by atoms with Gasteiger partial charge in [-0.15, -0.1) is 0 Å². The summed E-state index contributed by atoms with van der Waals surface area (Å²) >= 11 is 0. The Morgan fingerprint density at radius 3 is 2.71 bits per heavy atom. The standard InChI is InChI=1S/C17H15N3O/c18-16-15(9-4-10-19-16)17(21)20-11-13-7-3-6-12-5-1-2-8-14(12)13/h1-10H,11H2,(H2,18,19)(H,20,21). The lowest BCUT2D eigenvalue weighted by atomic mass is 10.0. The zero-order valence-electron chi connectivity index (χ0n) is 11.4. The van der Waals surface area contributed by atoms with Crippen molar-refractivity contribution < 1.29 is 4.79 Å². The van der Waals surface area contributed by atoms with E-state index >= 15 is 0 Å². The van der Waals surface area contributed by atoms with Crippen LogP contribution in [0, 0.1) is 0 Å². The number of fused-ring (bicyclic) bond motifs is 1. The van der Waals surface area contributed by atoms with E-state index in [2.05, 4.69) is 28.5 Å². The maximum atomic E-state index is 12.1. The van der Waals surface area contributed by atoms with Crippen molar-refractivity contribution >= 4 is 22.5 Å².